The van der Waals surface area contributed by atoms with Gasteiger partial charge in [0, 0.05) is 13.1 Å². The van der Waals surface area contributed by atoms with E-state index in [2.05, 4.69) is 9.97 Å². The summed E-state index contributed by atoms with van der Waals surface area (Å²) in [6.45, 7) is 2.96. The standard InChI is InChI=1S/C25H21F4N3O/c1-13-30-17-9-8-16(11-18(17)31-13)21-24(28)22(26)20(23(27)25(21)29)15-6-4-14(5-7-15)12-32-10-2-3-19(32)33/h4-9,11,19,33H,2-3,10,12H2,1H3,(H,30,31)/t19-/m1/s1. The summed E-state index contributed by atoms with van der Waals surface area (Å²) in [6.07, 6.45) is 1.08. The van der Waals surface area contributed by atoms with Gasteiger partial charge in [0.1, 0.15) is 12.1 Å². The van der Waals surface area contributed by atoms with Gasteiger partial charge in [-0.25, -0.2) is 22.5 Å². The van der Waals surface area contributed by atoms with Crippen LogP contribution in [0, 0.1) is 30.2 Å². The Morgan fingerprint density at radius 2 is 1.55 bits per heavy atom. The molecule has 8 heteroatoms. The third-order valence-corrected chi connectivity index (χ3v) is 6.11. The number of rotatable bonds is 4. The van der Waals surface area contributed by atoms with E-state index in [1.54, 1.807) is 19.1 Å². The maximum Gasteiger partial charge on any atom is 0.170 e. The second-order valence-electron chi connectivity index (χ2n) is 8.35. The second-order valence-corrected chi connectivity index (χ2v) is 8.35. The average molecular weight is 455 g/mol. The Labute approximate surface area is 187 Å². The number of nitrogens with zero attached hydrogens (tertiary/aromatic N) is 2. The van der Waals surface area contributed by atoms with Crippen molar-refractivity contribution in [2.45, 2.75) is 32.5 Å². The molecular formula is C25H21F4N3O. The Balaban J connectivity index is 1.52. The maximum absolute atomic E-state index is 15.0. The number of aliphatic hydroxyl groups excluding tert-OH is 1. The van der Waals surface area contributed by atoms with Crippen LogP contribution in [-0.2, 0) is 6.54 Å². The number of halogens is 4. The van der Waals surface area contributed by atoms with E-state index in [4.69, 9.17) is 0 Å². The van der Waals surface area contributed by atoms with E-state index in [-0.39, 0.29) is 11.1 Å². The topological polar surface area (TPSA) is 52.1 Å². The number of nitrogens with one attached hydrogen (secondary N) is 1. The van der Waals surface area contributed by atoms with Gasteiger partial charge in [0.15, 0.2) is 23.3 Å². The molecule has 4 nitrogen and oxygen atoms in total. The van der Waals surface area contributed by atoms with Crippen LogP contribution in [0.25, 0.3) is 33.3 Å². The Kier molecular flexibility index (Phi) is 5.42. The van der Waals surface area contributed by atoms with Gasteiger partial charge in [-0.3, -0.25) is 4.90 Å². The zero-order valence-electron chi connectivity index (χ0n) is 17.8. The predicted molar refractivity (Wildman–Crippen MR) is 117 cm³/mol. The van der Waals surface area contributed by atoms with Crippen molar-refractivity contribution in [2.75, 3.05) is 6.54 Å². The minimum Gasteiger partial charge on any atom is -0.378 e. The summed E-state index contributed by atoms with van der Waals surface area (Å²) in [7, 11) is 0. The van der Waals surface area contributed by atoms with Gasteiger partial charge in [-0.2, -0.15) is 0 Å². The Bertz CT molecular complexity index is 1320. The molecule has 0 radical (unpaired) electrons. The lowest BCUT2D eigenvalue weighted by Crippen LogP contribution is -2.28. The molecule has 33 heavy (non-hydrogen) atoms. The van der Waals surface area contributed by atoms with Crippen LogP contribution in [0.3, 0.4) is 0 Å². The first-order valence-corrected chi connectivity index (χ1v) is 10.7. The van der Waals surface area contributed by atoms with E-state index < -0.39 is 40.6 Å². The molecule has 3 aromatic carbocycles. The van der Waals surface area contributed by atoms with Gasteiger partial charge < -0.3 is 10.1 Å². The SMILES string of the molecule is Cc1nc2ccc(-c3c(F)c(F)c(-c4ccc(CN5CCC[C@H]5O)cc4)c(F)c3F)cc2[nH]1. The molecule has 0 amide bonds. The maximum atomic E-state index is 15.0. The lowest BCUT2D eigenvalue weighted by atomic mass is 9.96. The van der Waals surface area contributed by atoms with Crippen molar-refractivity contribution in [1.29, 1.82) is 0 Å². The number of hydrogen-bond donors (Lipinski definition) is 2. The highest BCUT2D eigenvalue weighted by molar-refractivity contribution is 5.83. The van der Waals surface area contributed by atoms with Crippen molar-refractivity contribution in [3.05, 3.63) is 77.1 Å². The third kappa shape index (κ3) is 3.79. The molecule has 1 atom stereocenters. The molecule has 4 aromatic rings. The number of aromatic amines is 1. The van der Waals surface area contributed by atoms with Crippen molar-refractivity contribution in [1.82, 2.24) is 14.9 Å². The number of fused-ring (bicyclic) bond motifs is 1. The van der Waals surface area contributed by atoms with Gasteiger partial charge in [-0.15, -0.1) is 0 Å². The van der Waals surface area contributed by atoms with Crippen LogP contribution < -0.4 is 0 Å². The molecule has 1 aliphatic rings. The molecule has 0 spiro atoms. The number of hydrogen-bond acceptors (Lipinski definition) is 3. The average Bonchev–Trinajstić information content (AvgIpc) is 3.37. The molecule has 170 valence electrons. The lowest BCUT2D eigenvalue weighted by molar-refractivity contribution is 0.0328. The largest absolute Gasteiger partial charge is 0.378 e. The number of benzene rings is 3. The van der Waals surface area contributed by atoms with E-state index in [0.717, 1.165) is 18.5 Å². The van der Waals surface area contributed by atoms with Crippen molar-refractivity contribution < 1.29 is 22.7 Å². The smallest absolute Gasteiger partial charge is 0.170 e. The van der Waals surface area contributed by atoms with Gasteiger partial charge in [-0.05, 0) is 48.6 Å². The van der Waals surface area contributed by atoms with Crippen LogP contribution >= 0.6 is 0 Å². The molecule has 1 saturated heterocycles. The molecule has 1 aliphatic heterocycles. The van der Waals surface area contributed by atoms with Crippen LogP contribution in [0.15, 0.2) is 42.5 Å². The molecule has 1 aromatic heterocycles. The number of aromatic nitrogens is 2. The fourth-order valence-electron chi connectivity index (χ4n) is 4.44. The van der Waals surface area contributed by atoms with Gasteiger partial charge in [-0.1, -0.05) is 30.3 Å². The van der Waals surface area contributed by atoms with Crippen LogP contribution in [0.4, 0.5) is 17.6 Å². The number of H-pyrrole nitrogens is 1. The first-order chi connectivity index (χ1) is 15.8. The summed E-state index contributed by atoms with van der Waals surface area (Å²) in [6, 6.07) is 10.5. The normalized spacial score (nSPS) is 16.7. The molecule has 2 heterocycles. The molecule has 2 N–H and O–H groups in total. The van der Waals surface area contributed by atoms with E-state index in [9.17, 15) is 5.11 Å². The fourth-order valence-corrected chi connectivity index (χ4v) is 4.44. The monoisotopic (exact) mass is 455 g/mol. The fraction of sp³-hybridized carbons (Fsp3) is 0.240. The Morgan fingerprint density at radius 3 is 2.15 bits per heavy atom. The van der Waals surface area contributed by atoms with Crippen molar-refractivity contribution in [2.24, 2.45) is 0 Å². The highest BCUT2D eigenvalue weighted by Gasteiger charge is 2.28. The van der Waals surface area contributed by atoms with Crippen molar-refractivity contribution in [3.8, 4) is 22.3 Å². The van der Waals surface area contributed by atoms with E-state index >= 15 is 17.6 Å². The van der Waals surface area contributed by atoms with E-state index in [0.29, 0.717) is 29.8 Å². The lowest BCUT2D eigenvalue weighted by Gasteiger charge is -2.20. The zero-order chi connectivity index (χ0) is 23.3. The van der Waals surface area contributed by atoms with Gasteiger partial charge in [0.05, 0.1) is 22.2 Å². The highest BCUT2D eigenvalue weighted by Crippen LogP contribution is 2.37. The Hall–Kier alpha value is -3.23. The van der Waals surface area contributed by atoms with Crippen LogP contribution in [-0.4, -0.2) is 32.7 Å². The summed E-state index contributed by atoms with van der Waals surface area (Å²) >= 11 is 0. The molecule has 5 rings (SSSR count). The summed E-state index contributed by atoms with van der Waals surface area (Å²) in [4.78, 5) is 9.05. The summed E-state index contributed by atoms with van der Waals surface area (Å²) < 4.78 is 60.1. The quantitative estimate of drug-likeness (QED) is 0.308. The Morgan fingerprint density at radius 1 is 0.939 bits per heavy atom. The van der Waals surface area contributed by atoms with Crippen LogP contribution in [0.2, 0.25) is 0 Å². The zero-order valence-corrected chi connectivity index (χ0v) is 17.8. The van der Waals surface area contributed by atoms with Gasteiger partial charge in [0.25, 0.3) is 0 Å². The summed E-state index contributed by atoms with van der Waals surface area (Å²) in [5.74, 6) is -5.20. The molecule has 0 bridgehead atoms. The van der Waals surface area contributed by atoms with E-state index in [1.165, 1.54) is 30.3 Å². The molecule has 1 fully saturated rings. The molecule has 0 aliphatic carbocycles. The van der Waals surface area contributed by atoms with Gasteiger partial charge in [0.2, 0.25) is 0 Å². The molecular weight excluding hydrogens is 434 g/mol. The third-order valence-electron chi connectivity index (χ3n) is 6.11. The van der Waals surface area contributed by atoms with Crippen LogP contribution in [0.5, 0.6) is 0 Å². The first kappa shape index (κ1) is 21.6. The predicted octanol–water partition coefficient (Wildman–Crippen LogP) is 5.68. The highest BCUT2D eigenvalue weighted by atomic mass is 19.2. The van der Waals surface area contributed by atoms with Crippen molar-refractivity contribution >= 4 is 11.0 Å². The van der Waals surface area contributed by atoms with Crippen molar-refractivity contribution in [3.63, 3.8) is 0 Å². The number of aryl methyl sites for hydroxylation is 1. The number of imidazole rings is 1. The minimum absolute atomic E-state index is 0.00465. The van der Waals surface area contributed by atoms with Gasteiger partial charge >= 0.3 is 0 Å². The molecule has 0 saturated carbocycles. The molecule has 0 unspecified atom stereocenters. The first-order valence-electron chi connectivity index (χ1n) is 10.7. The minimum atomic E-state index is -1.45. The van der Waals surface area contributed by atoms with Crippen LogP contribution in [0.1, 0.15) is 24.2 Å². The number of aliphatic hydroxyl groups is 1. The second kappa shape index (κ2) is 8.28. The van der Waals surface area contributed by atoms with E-state index in [1.807, 2.05) is 4.90 Å². The number of likely N-dealkylation sites (tertiary alicyclic amines) is 1. The summed E-state index contributed by atoms with van der Waals surface area (Å²) in [5, 5.41) is 9.93. The summed E-state index contributed by atoms with van der Waals surface area (Å²) in [5.41, 5.74) is 0.428.